The van der Waals surface area contributed by atoms with Crippen molar-refractivity contribution >= 4 is 5.91 Å². The Morgan fingerprint density at radius 3 is 2.44 bits per heavy atom. The second kappa shape index (κ2) is 6.93. The van der Waals surface area contributed by atoms with Crippen LogP contribution in [0.1, 0.15) is 65.7 Å². The first-order valence-corrected chi connectivity index (χ1v) is 7.01. The van der Waals surface area contributed by atoms with Crippen molar-refractivity contribution in [3.05, 3.63) is 0 Å². The Labute approximate surface area is 100 Å². The van der Waals surface area contributed by atoms with E-state index >= 15 is 0 Å². The summed E-state index contributed by atoms with van der Waals surface area (Å²) in [6.07, 6.45) is 8.13. The van der Waals surface area contributed by atoms with E-state index in [0.717, 1.165) is 32.2 Å². The Balaban J connectivity index is 2.55. The van der Waals surface area contributed by atoms with Gasteiger partial charge < -0.3 is 4.90 Å². The quantitative estimate of drug-likeness (QED) is 0.676. The highest BCUT2D eigenvalue weighted by atomic mass is 16.2. The van der Waals surface area contributed by atoms with Crippen LogP contribution in [0.3, 0.4) is 0 Å². The summed E-state index contributed by atoms with van der Waals surface area (Å²) in [5.41, 5.74) is 0. The molecule has 0 bridgehead atoms. The highest BCUT2D eigenvalue weighted by molar-refractivity contribution is 5.79. The lowest BCUT2D eigenvalue weighted by atomic mass is 10.0. The smallest absolute Gasteiger partial charge is 0.225 e. The van der Waals surface area contributed by atoms with Crippen molar-refractivity contribution in [2.75, 3.05) is 6.54 Å². The molecule has 1 aliphatic carbocycles. The van der Waals surface area contributed by atoms with E-state index in [0.29, 0.717) is 17.9 Å². The predicted octanol–water partition coefficient (Wildman–Crippen LogP) is 3.60. The number of rotatable bonds is 6. The van der Waals surface area contributed by atoms with Crippen LogP contribution in [0.5, 0.6) is 0 Å². The second-order valence-electron chi connectivity index (χ2n) is 5.12. The van der Waals surface area contributed by atoms with Gasteiger partial charge in [-0.05, 0) is 32.6 Å². The zero-order chi connectivity index (χ0) is 12.0. The summed E-state index contributed by atoms with van der Waals surface area (Å²) in [5.74, 6) is 0.770. The summed E-state index contributed by atoms with van der Waals surface area (Å²) in [4.78, 5) is 14.5. The van der Waals surface area contributed by atoms with Crippen molar-refractivity contribution in [3.8, 4) is 0 Å². The van der Waals surface area contributed by atoms with Gasteiger partial charge in [0.15, 0.2) is 0 Å². The summed E-state index contributed by atoms with van der Waals surface area (Å²) in [5, 5.41) is 0. The molecule has 1 aliphatic rings. The molecule has 0 aliphatic heterocycles. The van der Waals surface area contributed by atoms with Crippen molar-refractivity contribution in [1.29, 1.82) is 0 Å². The molecule has 2 heteroatoms. The minimum atomic E-state index is 0.339. The molecule has 0 radical (unpaired) electrons. The molecule has 1 amide bonds. The first-order valence-electron chi connectivity index (χ1n) is 7.01. The molecule has 1 unspecified atom stereocenters. The normalized spacial score (nSPS) is 18.7. The second-order valence-corrected chi connectivity index (χ2v) is 5.12. The van der Waals surface area contributed by atoms with Gasteiger partial charge in [0, 0.05) is 18.5 Å². The number of nitrogens with zero attached hydrogens (tertiary/aromatic N) is 1. The zero-order valence-electron chi connectivity index (χ0n) is 11.2. The van der Waals surface area contributed by atoms with Crippen molar-refractivity contribution in [2.24, 2.45) is 5.92 Å². The molecule has 2 nitrogen and oxygen atoms in total. The maximum absolute atomic E-state index is 12.4. The molecular formula is C14H27NO. The van der Waals surface area contributed by atoms with Gasteiger partial charge in [0.1, 0.15) is 0 Å². The Bertz CT molecular complexity index is 209. The highest BCUT2D eigenvalue weighted by Crippen LogP contribution is 2.27. The van der Waals surface area contributed by atoms with Gasteiger partial charge in [0.25, 0.3) is 0 Å². The number of carbonyl (C=O) groups excluding carboxylic acids is 1. The fourth-order valence-corrected chi connectivity index (χ4v) is 2.50. The lowest BCUT2D eigenvalue weighted by molar-refractivity contribution is -0.137. The Morgan fingerprint density at radius 2 is 1.94 bits per heavy atom. The lowest BCUT2D eigenvalue weighted by Gasteiger charge is -2.31. The van der Waals surface area contributed by atoms with Gasteiger partial charge in [0.2, 0.25) is 5.91 Å². The largest absolute Gasteiger partial charge is 0.340 e. The molecule has 0 spiro atoms. The Kier molecular flexibility index (Phi) is 5.86. The molecule has 1 atom stereocenters. The Hall–Kier alpha value is -0.530. The standard InChI is InChI=1S/C14H27NO/c1-4-6-11-15(12(3)5-2)14(16)13-9-7-8-10-13/h12-13H,4-11H2,1-3H3. The summed E-state index contributed by atoms with van der Waals surface area (Å²) in [7, 11) is 0. The predicted molar refractivity (Wildman–Crippen MR) is 68.3 cm³/mol. The average Bonchev–Trinajstić information content (AvgIpc) is 2.82. The Morgan fingerprint density at radius 1 is 1.31 bits per heavy atom. The van der Waals surface area contributed by atoms with Gasteiger partial charge in [-0.25, -0.2) is 0 Å². The lowest BCUT2D eigenvalue weighted by Crippen LogP contribution is -2.42. The van der Waals surface area contributed by atoms with Crippen LogP contribution >= 0.6 is 0 Å². The first kappa shape index (κ1) is 13.5. The molecule has 1 fully saturated rings. The monoisotopic (exact) mass is 225 g/mol. The molecule has 1 rings (SSSR count). The van der Waals surface area contributed by atoms with Gasteiger partial charge in [-0.2, -0.15) is 0 Å². The van der Waals surface area contributed by atoms with E-state index in [-0.39, 0.29) is 0 Å². The molecular weight excluding hydrogens is 198 g/mol. The maximum Gasteiger partial charge on any atom is 0.225 e. The van der Waals surface area contributed by atoms with E-state index in [4.69, 9.17) is 0 Å². The van der Waals surface area contributed by atoms with Gasteiger partial charge in [0.05, 0.1) is 0 Å². The third-order valence-electron chi connectivity index (χ3n) is 3.86. The van der Waals surface area contributed by atoms with Crippen molar-refractivity contribution in [1.82, 2.24) is 4.90 Å². The van der Waals surface area contributed by atoms with E-state index in [9.17, 15) is 4.79 Å². The molecule has 0 aromatic heterocycles. The summed E-state index contributed by atoms with van der Waals surface area (Å²) in [6, 6.07) is 0.416. The topological polar surface area (TPSA) is 20.3 Å². The van der Waals surface area contributed by atoms with Crippen LogP contribution < -0.4 is 0 Å². The third kappa shape index (κ3) is 3.50. The SMILES string of the molecule is CCCCN(C(=O)C1CCCC1)C(C)CC. The molecule has 0 saturated heterocycles. The van der Waals surface area contributed by atoms with Gasteiger partial charge in [-0.1, -0.05) is 33.1 Å². The highest BCUT2D eigenvalue weighted by Gasteiger charge is 2.28. The van der Waals surface area contributed by atoms with Crippen LogP contribution in [0.25, 0.3) is 0 Å². The minimum Gasteiger partial charge on any atom is -0.340 e. The van der Waals surface area contributed by atoms with Gasteiger partial charge in [-0.3, -0.25) is 4.79 Å². The van der Waals surface area contributed by atoms with Crippen molar-refractivity contribution in [3.63, 3.8) is 0 Å². The van der Waals surface area contributed by atoms with Crippen LogP contribution in [-0.4, -0.2) is 23.4 Å². The molecule has 0 aromatic carbocycles. The van der Waals surface area contributed by atoms with Crippen LogP contribution in [0.2, 0.25) is 0 Å². The molecule has 0 N–H and O–H groups in total. The fraction of sp³-hybridized carbons (Fsp3) is 0.929. The number of unbranched alkanes of at least 4 members (excludes halogenated alkanes) is 1. The maximum atomic E-state index is 12.4. The van der Waals surface area contributed by atoms with E-state index in [1.54, 1.807) is 0 Å². The van der Waals surface area contributed by atoms with Crippen LogP contribution in [0, 0.1) is 5.92 Å². The number of hydrogen-bond donors (Lipinski definition) is 0. The van der Waals surface area contributed by atoms with Gasteiger partial charge >= 0.3 is 0 Å². The van der Waals surface area contributed by atoms with Gasteiger partial charge in [-0.15, -0.1) is 0 Å². The summed E-state index contributed by atoms with van der Waals surface area (Å²) >= 11 is 0. The van der Waals surface area contributed by atoms with Crippen molar-refractivity contribution in [2.45, 2.75) is 71.8 Å². The molecule has 16 heavy (non-hydrogen) atoms. The summed E-state index contributed by atoms with van der Waals surface area (Å²) < 4.78 is 0. The molecule has 0 aromatic rings. The fourth-order valence-electron chi connectivity index (χ4n) is 2.50. The van der Waals surface area contributed by atoms with E-state index in [1.807, 2.05) is 0 Å². The van der Waals surface area contributed by atoms with E-state index in [1.165, 1.54) is 19.3 Å². The van der Waals surface area contributed by atoms with Crippen LogP contribution in [0.4, 0.5) is 0 Å². The van der Waals surface area contributed by atoms with Crippen molar-refractivity contribution < 1.29 is 4.79 Å². The number of carbonyl (C=O) groups is 1. The number of hydrogen-bond acceptors (Lipinski definition) is 1. The number of amides is 1. The van der Waals surface area contributed by atoms with E-state index in [2.05, 4.69) is 25.7 Å². The first-order chi connectivity index (χ1) is 7.70. The third-order valence-corrected chi connectivity index (χ3v) is 3.86. The molecule has 0 heterocycles. The average molecular weight is 225 g/mol. The van der Waals surface area contributed by atoms with E-state index < -0.39 is 0 Å². The van der Waals surface area contributed by atoms with Crippen LogP contribution in [-0.2, 0) is 4.79 Å². The summed E-state index contributed by atoms with van der Waals surface area (Å²) in [6.45, 7) is 7.50. The molecule has 94 valence electrons. The van der Waals surface area contributed by atoms with Crippen LogP contribution in [0.15, 0.2) is 0 Å². The zero-order valence-corrected chi connectivity index (χ0v) is 11.2. The minimum absolute atomic E-state index is 0.339. The molecule has 1 saturated carbocycles.